The summed E-state index contributed by atoms with van der Waals surface area (Å²) in [6, 6.07) is 4.68. The Morgan fingerprint density at radius 2 is 2.00 bits per heavy atom. The van der Waals surface area contributed by atoms with Gasteiger partial charge in [0.05, 0.1) is 24.5 Å². The number of anilines is 1. The van der Waals surface area contributed by atoms with Crippen LogP contribution in [0.3, 0.4) is 0 Å². The molecule has 1 aromatic carbocycles. The van der Waals surface area contributed by atoms with E-state index in [0.717, 1.165) is 25.9 Å². The van der Waals surface area contributed by atoms with E-state index in [1.54, 1.807) is 12.1 Å². The van der Waals surface area contributed by atoms with Crippen LogP contribution >= 0.6 is 0 Å². The van der Waals surface area contributed by atoms with Gasteiger partial charge in [-0.15, -0.1) is 0 Å². The Morgan fingerprint density at radius 3 is 2.59 bits per heavy atom. The lowest BCUT2D eigenvalue weighted by Crippen LogP contribution is -2.43. The van der Waals surface area contributed by atoms with E-state index in [4.69, 9.17) is 11.3 Å². The van der Waals surface area contributed by atoms with E-state index in [0.29, 0.717) is 11.4 Å². The van der Waals surface area contributed by atoms with Crippen molar-refractivity contribution in [3.05, 3.63) is 35.4 Å². The van der Waals surface area contributed by atoms with Gasteiger partial charge in [-0.25, -0.2) is 9.24 Å². The molecule has 17 heavy (non-hydrogen) atoms. The third-order valence-electron chi connectivity index (χ3n) is 3.44. The highest BCUT2D eigenvalue weighted by Crippen LogP contribution is 2.32. The zero-order chi connectivity index (χ0) is 11.8. The molecule has 0 aromatic heterocycles. The Morgan fingerprint density at radius 1 is 1.29 bits per heavy atom. The number of hydrogen-bond donors (Lipinski definition) is 0. The van der Waals surface area contributed by atoms with Crippen LogP contribution in [-0.4, -0.2) is 25.3 Å². The molecule has 2 aliphatic heterocycles. The van der Waals surface area contributed by atoms with E-state index in [1.807, 2.05) is 4.90 Å². The van der Waals surface area contributed by atoms with Crippen molar-refractivity contribution in [3.8, 4) is 0 Å². The molecule has 2 fully saturated rings. The van der Waals surface area contributed by atoms with Gasteiger partial charge in [-0.3, -0.25) is 0 Å². The van der Waals surface area contributed by atoms with Crippen LogP contribution in [0.4, 0.5) is 15.8 Å². The van der Waals surface area contributed by atoms with Crippen molar-refractivity contribution >= 4 is 11.4 Å². The van der Waals surface area contributed by atoms with Crippen LogP contribution in [0.25, 0.3) is 4.85 Å². The molecular formula is C13H13FN2O. The SMILES string of the molecule is [C-]#[N+]c1ccc(N2CC3CCC(C2)O3)c(F)c1. The summed E-state index contributed by atoms with van der Waals surface area (Å²) in [5.74, 6) is -0.306. The molecule has 0 amide bonds. The van der Waals surface area contributed by atoms with Gasteiger partial charge >= 0.3 is 0 Å². The molecule has 0 radical (unpaired) electrons. The third-order valence-corrected chi connectivity index (χ3v) is 3.44. The number of halogens is 1. The van der Waals surface area contributed by atoms with Crippen molar-refractivity contribution in [1.82, 2.24) is 0 Å². The minimum absolute atomic E-state index is 0.244. The Labute approximate surface area is 99.6 Å². The van der Waals surface area contributed by atoms with Crippen molar-refractivity contribution in [3.63, 3.8) is 0 Å². The summed E-state index contributed by atoms with van der Waals surface area (Å²) in [6.45, 7) is 8.36. The smallest absolute Gasteiger partial charge is 0.190 e. The summed E-state index contributed by atoms with van der Waals surface area (Å²) in [5, 5.41) is 0. The highest BCUT2D eigenvalue weighted by atomic mass is 19.1. The average molecular weight is 232 g/mol. The minimum atomic E-state index is -0.306. The standard InChI is InChI=1S/C13H13FN2O/c1-15-9-2-5-13(12(14)6-9)16-7-10-3-4-11(8-16)17-10/h2,5-6,10-11H,3-4,7-8H2. The maximum Gasteiger partial charge on any atom is 0.190 e. The Balaban J connectivity index is 1.87. The average Bonchev–Trinajstić information content (AvgIpc) is 2.68. The van der Waals surface area contributed by atoms with Gasteiger partial charge < -0.3 is 9.64 Å². The number of hydrogen-bond acceptors (Lipinski definition) is 2. The molecule has 2 unspecified atom stereocenters. The molecule has 88 valence electrons. The number of benzene rings is 1. The second-order valence-electron chi connectivity index (χ2n) is 4.61. The fourth-order valence-electron chi connectivity index (χ4n) is 2.63. The van der Waals surface area contributed by atoms with Crippen LogP contribution < -0.4 is 4.90 Å². The molecule has 3 rings (SSSR count). The van der Waals surface area contributed by atoms with Crippen molar-refractivity contribution < 1.29 is 9.13 Å². The molecule has 1 aromatic rings. The van der Waals surface area contributed by atoms with Crippen LogP contribution in [0.5, 0.6) is 0 Å². The summed E-state index contributed by atoms with van der Waals surface area (Å²) >= 11 is 0. The maximum atomic E-state index is 13.9. The highest BCUT2D eigenvalue weighted by Gasteiger charge is 2.34. The topological polar surface area (TPSA) is 16.8 Å². The molecule has 0 aliphatic carbocycles. The Hall–Kier alpha value is -1.60. The van der Waals surface area contributed by atoms with Crippen molar-refractivity contribution in [2.75, 3.05) is 18.0 Å². The van der Waals surface area contributed by atoms with E-state index >= 15 is 0 Å². The predicted octanol–water partition coefficient (Wildman–Crippen LogP) is 2.74. The molecule has 0 N–H and O–H groups in total. The van der Waals surface area contributed by atoms with Crippen LogP contribution in [-0.2, 0) is 4.74 Å². The maximum absolute atomic E-state index is 13.9. The first kappa shape index (κ1) is 10.5. The number of rotatable bonds is 1. The lowest BCUT2D eigenvalue weighted by Gasteiger charge is -2.34. The molecule has 2 heterocycles. The highest BCUT2D eigenvalue weighted by molar-refractivity contribution is 5.57. The van der Waals surface area contributed by atoms with Crippen molar-refractivity contribution in [2.24, 2.45) is 0 Å². The summed E-state index contributed by atoms with van der Waals surface area (Å²) in [5.41, 5.74) is 0.945. The van der Waals surface area contributed by atoms with Gasteiger partial charge in [0.2, 0.25) is 0 Å². The van der Waals surface area contributed by atoms with Crippen LogP contribution in [0.15, 0.2) is 18.2 Å². The van der Waals surface area contributed by atoms with E-state index in [2.05, 4.69) is 4.85 Å². The molecule has 0 saturated carbocycles. The van der Waals surface area contributed by atoms with E-state index in [-0.39, 0.29) is 18.0 Å². The first-order chi connectivity index (χ1) is 8.26. The lowest BCUT2D eigenvalue weighted by atomic mass is 10.2. The zero-order valence-electron chi connectivity index (χ0n) is 9.40. The molecular weight excluding hydrogens is 219 g/mol. The van der Waals surface area contributed by atoms with Gasteiger partial charge in [0, 0.05) is 13.1 Å². The molecule has 2 saturated heterocycles. The number of fused-ring (bicyclic) bond motifs is 2. The number of nitrogens with zero attached hydrogens (tertiary/aromatic N) is 2. The molecule has 2 bridgehead atoms. The lowest BCUT2D eigenvalue weighted by molar-refractivity contribution is 0.0303. The molecule has 2 aliphatic rings. The van der Waals surface area contributed by atoms with Gasteiger partial charge in [-0.1, -0.05) is 6.07 Å². The largest absolute Gasteiger partial charge is 0.371 e. The van der Waals surface area contributed by atoms with Crippen molar-refractivity contribution in [2.45, 2.75) is 25.0 Å². The van der Waals surface area contributed by atoms with Crippen LogP contribution in [0.1, 0.15) is 12.8 Å². The molecule has 0 spiro atoms. The zero-order valence-corrected chi connectivity index (χ0v) is 9.40. The Bertz CT molecular complexity index is 471. The summed E-state index contributed by atoms with van der Waals surface area (Å²) in [7, 11) is 0. The van der Waals surface area contributed by atoms with Crippen LogP contribution in [0, 0.1) is 12.4 Å². The number of morpholine rings is 1. The predicted molar refractivity (Wildman–Crippen MR) is 62.8 cm³/mol. The minimum Gasteiger partial charge on any atom is -0.371 e. The fourth-order valence-corrected chi connectivity index (χ4v) is 2.63. The third kappa shape index (κ3) is 1.87. The van der Waals surface area contributed by atoms with E-state index in [9.17, 15) is 4.39 Å². The fraction of sp³-hybridized carbons (Fsp3) is 0.462. The van der Waals surface area contributed by atoms with Gasteiger partial charge in [0.25, 0.3) is 0 Å². The van der Waals surface area contributed by atoms with Gasteiger partial charge in [-0.05, 0) is 25.0 Å². The molecule has 4 heteroatoms. The Kier molecular flexibility index (Phi) is 2.49. The summed E-state index contributed by atoms with van der Waals surface area (Å²) in [6.07, 6.45) is 2.63. The van der Waals surface area contributed by atoms with Crippen molar-refractivity contribution in [1.29, 1.82) is 0 Å². The second kappa shape index (κ2) is 4.01. The van der Waals surface area contributed by atoms with Gasteiger partial charge in [0.1, 0.15) is 5.82 Å². The first-order valence-corrected chi connectivity index (χ1v) is 5.83. The summed E-state index contributed by atoms with van der Waals surface area (Å²) in [4.78, 5) is 5.26. The van der Waals surface area contributed by atoms with Gasteiger partial charge in [-0.2, -0.15) is 0 Å². The van der Waals surface area contributed by atoms with E-state index < -0.39 is 0 Å². The number of ether oxygens (including phenoxy) is 1. The van der Waals surface area contributed by atoms with Crippen LogP contribution in [0.2, 0.25) is 0 Å². The normalized spacial score (nSPS) is 26.9. The second-order valence-corrected chi connectivity index (χ2v) is 4.61. The first-order valence-electron chi connectivity index (χ1n) is 5.83. The van der Waals surface area contributed by atoms with E-state index in [1.165, 1.54) is 6.07 Å². The summed E-state index contributed by atoms with van der Waals surface area (Å²) < 4.78 is 19.6. The quantitative estimate of drug-likeness (QED) is 0.692. The molecule has 2 atom stereocenters. The van der Waals surface area contributed by atoms with Gasteiger partial charge in [0.15, 0.2) is 5.69 Å². The monoisotopic (exact) mass is 232 g/mol. The molecule has 3 nitrogen and oxygen atoms in total.